The summed E-state index contributed by atoms with van der Waals surface area (Å²) in [7, 11) is 0. The summed E-state index contributed by atoms with van der Waals surface area (Å²) in [5, 5.41) is 0. The number of rotatable bonds is 5. The molecule has 0 spiro atoms. The van der Waals surface area contributed by atoms with E-state index in [1.165, 1.54) is 12.1 Å². The number of hydrogen-bond donors (Lipinski definition) is 1. The molecule has 2 rings (SSSR count). The lowest BCUT2D eigenvalue weighted by molar-refractivity contribution is 0.628. The molecule has 0 aliphatic carbocycles. The zero-order valence-electron chi connectivity index (χ0n) is 11.8. The molecule has 2 aromatic rings. The van der Waals surface area contributed by atoms with Crippen LogP contribution in [-0.4, -0.2) is 23.1 Å². The largest absolute Gasteiger partial charge is 0.341 e. The van der Waals surface area contributed by atoms with E-state index in [0.717, 1.165) is 30.0 Å². The molecule has 0 fully saturated rings. The van der Waals surface area contributed by atoms with Crippen LogP contribution in [0.15, 0.2) is 30.3 Å². The molecule has 0 radical (unpaired) electrons. The van der Waals surface area contributed by atoms with E-state index in [9.17, 15) is 4.39 Å². The van der Waals surface area contributed by atoms with Gasteiger partial charge in [0.2, 0.25) is 5.95 Å². The van der Waals surface area contributed by atoms with Crippen molar-refractivity contribution in [2.24, 2.45) is 5.73 Å². The predicted molar refractivity (Wildman–Crippen MR) is 78.9 cm³/mol. The Morgan fingerprint density at radius 1 is 1.10 bits per heavy atom. The van der Waals surface area contributed by atoms with Crippen molar-refractivity contribution in [3.8, 4) is 11.3 Å². The first-order valence-electron chi connectivity index (χ1n) is 6.76. The van der Waals surface area contributed by atoms with E-state index in [4.69, 9.17) is 5.73 Å². The van der Waals surface area contributed by atoms with Gasteiger partial charge >= 0.3 is 0 Å². The maximum Gasteiger partial charge on any atom is 0.226 e. The van der Waals surface area contributed by atoms with Crippen molar-refractivity contribution < 1.29 is 4.39 Å². The summed E-state index contributed by atoms with van der Waals surface area (Å²) in [5.74, 6) is 0.406. The molecule has 0 saturated carbocycles. The summed E-state index contributed by atoms with van der Waals surface area (Å²) in [4.78, 5) is 11.1. The minimum absolute atomic E-state index is 0.258. The fourth-order valence-corrected chi connectivity index (χ4v) is 2.00. The van der Waals surface area contributed by atoms with Crippen molar-refractivity contribution in [2.45, 2.75) is 20.4 Å². The van der Waals surface area contributed by atoms with E-state index < -0.39 is 0 Å². The second kappa shape index (κ2) is 6.43. The van der Waals surface area contributed by atoms with E-state index >= 15 is 0 Å². The van der Waals surface area contributed by atoms with Gasteiger partial charge in [-0.2, -0.15) is 0 Å². The zero-order valence-corrected chi connectivity index (χ0v) is 11.8. The maximum atomic E-state index is 13.0. The van der Waals surface area contributed by atoms with Crippen molar-refractivity contribution in [2.75, 3.05) is 18.0 Å². The Labute approximate surface area is 118 Å². The second-order valence-electron chi connectivity index (χ2n) is 4.43. The first-order valence-corrected chi connectivity index (χ1v) is 6.76. The van der Waals surface area contributed by atoms with Crippen LogP contribution in [-0.2, 0) is 6.54 Å². The van der Waals surface area contributed by atoms with Crippen molar-refractivity contribution >= 4 is 5.95 Å². The van der Waals surface area contributed by atoms with E-state index in [2.05, 4.69) is 28.7 Å². The molecule has 1 aromatic carbocycles. The monoisotopic (exact) mass is 274 g/mol. The number of nitrogens with two attached hydrogens (primary N) is 1. The summed E-state index contributed by atoms with van der Waals surface area (Å²) in [5.41, 5.74) is 8.11. The molecular weight excluding hydrogens is 255 g/mol. The Kier molecular flexibility index (Phi) is 4.63. The summed E-state index contributed by atoms with van der Waals surface area (Å²) in [6.07, 6.45) is 0. The predicted octanol–water partition coefficient (Wildman–Crippen LogP) is 2.59. The summed E-state index contributed by atoms with van der Waals surface area (Å²) in [6.45, 7) is 6.12. The third-order valence-corrected chi connectivity index (χ3v) is 3.16. The van der Waals surface area contributed by atoms with Gasteiger partial charge in [-0.15, -0.1) is 0 Å². The SMILES string of the molecule is CCN(CC)c1nc(CN)cc(-c2ccc(F)cc2)n1. The van der Waals surface area contributed by atoms with Gasteiger partial charge in [0.1, 0.15) is 5.82 Å². The number of halogens is 1. The van der Waals surface area contributed by atoms with Crippen molar-refractivity contribution in [3.63, 3.8) is 0 Å². The Morgan fingerprint density at radius 3 is 2.30 bits per heavy atom. The van der Waals surface area contributed by atoms with Crippen LogP contribution in [0.5, 0.6) is 0 Å². The minimum atomic E-state index is -0.258. The van der Waals surface area contributed by atoms with Gasteiger partial charge in [0.25, 0.3) is 0 Å². The molecular formula is C15H19FN4. The number of anilines is 1. The Hall–Kier alpha value is -2.01. The molecule has 0 bridgehead atoms. The van der Waals surface area contributed by atoms with Gasteiger partial charge in [0, 0.05) is 25.2 Å². The van der Waals surface area contributed by atoms with Crippen LogP contribution in [0.4, 0.5) is 10.3 Å². The molecule has 1 aromatic heterocycles. The van der Waals surface area contributed by atoms with Crippen LogP contribution < -0.4 is 10.6 Å². The highest BCUT2D eigenvalue weighted by Gasteiger charge is 2.10. The van der Waals surface area contributed by atoms with Crippen LogP contribution in [0, 0.1) is 5.82 Å². The maximum absolute atomic E-state index is 13.0. The number of nitrogens with zero attached hydrogens (tertiary/aromatic N) is 3. The van der Waals surface area contributed by atoms with Crippen LogP contribution in [0.2, 0.25) is 0 Å². The fourth-order valence-electron chi connectivity index (χ4n) is 2.00. The average molecular weight is 274 g/mol. The number of aromatic nitrogens is 2. The molecule has 0 aliphatic rings. The molecule has 106 valence electrons. The Morgan fingerprint density at radius 2 is 1.75 bits per heavy atom. The smallest absolute Gasteiger partial charge is 0.226 e. The van der Waals surface area contributed by atoms with Crippen LogP contribution >= 0.6 is 0 Å². The minimum Gasteiger partial charge on any atom is -0.341 e. The quantitative estimate of drug-likeness (QED) is 0.910. The van der Waals surface area contributed by atoms with E-state index in [0.29, 0.717) is 12.5 Å². The van der Waals surface area contributed by atoms with E-state index in [1.54, 1.807) is 12.1 Å². The van der Waals surface area contributed by atoms with E-state index in [1.807, 2.05) is 6.07 Å². The van der Waals surface area contributed by atoms with Gasteiger partial charge in [-0.1, -0.05) is 0 Å². The highest BCUT2D eigenvalue weighted by atomic mass is 19.1. The number of benzene rings is 1. The van der Waals surface area contributed by atoms with Gasteiger partial charge in [0.05, 0.1) is 11.4 Å². The van der Waals surface area contributed by atoms with Gasteiger partial charge in [0.15, 0.2) is 0 Å². The van der Waals surface area contributed by atoms with Gasteiger partial charge < -0.3 is 10.6 Å². The lowest BCUT2D eigenvalue weighted by Gasteiger charge is -2.19. The normalized spacial score (nSPS) is 10.6. The summed E-state index contributed by atoms with van der Waals surface area (Å²) in [6, 6.07) is 8.13. The van der Waals surface area contributed by atoms with Gasteiger partial charge in [-0.25, -0.2) is 14.4 Å². The average Bonchev–Trinajstić information content (AvgIpc) is 2.49. The molecule has 0 saturated heterocycles. The molecule has 0 aliphatic heterocycles. The molecule has 4 nitrogen and oxygen atoms in total. The topological polar surface area (TPSA) is 55.0 Å². The molecule has 1 heterocycles. The van der Waals surface area contributed by atoms with Gasteiger partial charge in [-0.05, 0) is 44.2 Å². The lowest BCUT2D eigenvalue weighted by Crippen LogP contribution is -2.25. The highest BCUT2D eigenvalue weighted by Crippen LogP contribution is 2.21. The molecule has 2 N–H and O–H groups in total. The van der Waals surface area contributed by atoms with Crippen LogP contribution in [0.25, 0.3) is 11.3 Å². The first-order chi connectivity index (χ1) is 9.67. The molecule has 5 heteroatoms. The molecule has 0 atom stereocenters. The molecule has 20 heavy (non-hydrogen) atoms. The van der Waals surface area contributed by atoms with Crippen LogP contribution in [0.3, 0.4) is 0 Å². The third kappa shape index (κ3) is 3.11. The zero-order chi connectivity index (χ0) is 14.5. The van der Waals surface area contributed by atoms with Crippen molar-refractivity contribution in [1.82, 2.24) is 9.97 Å². The highest BCUT2D eigenvalue weighted by molar-refractivity contribution is 5.61. The Balaban J connectivity index is 2.47. The van der Waals surface area contributed by atoms with Crippen molar-refractivity contribution in [3.05, 3.63) is 41.8 Å². The van der Waals surface area contributed by atoms with Crippen molar-refractivity contribution in [1.29, 1.82) is 0 Å². The van der Waals surface area contributed by atoms with Gasteiger partial charge in [-0.3, -0.25) is 0 Å². The summed E-state index contributed by atoms with van der Waals surface area (Å²) >= 11 is 0. The lowest BCUT2D eigenvalue weighted by atomic mass is 10.1. The molecule has 0 amide bonds. The molecule has 0 unspecified atom stereocenters. The Bertz CT molecular complexity index is 565. The van der Waals surface area contributed by atoms with Crippen LogP contribution in [0.1, 0.15) is 19.5 Å². The third-order valence-electron chi connectivity index (χ3n) is 3.16. The standard InChI is InChI=1S/C15H19FN4/c1-3-20(4-2)15-18-13(10-17)9-14(19-15)11-5-7-12(16)8-6-11/h5-9H,3-4,10,17H2,1-2H3. The number of hydrogen-bond acceptors (Lipinski definition) is 4. The summed E-state index contributed by atoms with van der Waals surface area (Å²) < 4.78 is 13.0. The fraction of sp³-hybridized carbons (Fsp3) is 0.333. The van der Waals surface area contributed by atoms with E-state index in [-0.39, 0.29) is 5.82 Å². The first kappa shape index (κ1) is 14.4. The second-order valence-corrected chi connectivity index (χ2v) is 4.43.